The molecule has 0 aromatic carbocycles. The zero-order chi connectivity index (χ0) is 6.85. The molecule has 4 nitrogen and oxygen atoms in total. The summed E-state index contributed by atoms with van der Waals surface area (Å²) in [6.07, 6.45) is 0. The number of rotatable bonds is 0. The average molecular weight is 240 g/mol. The van der Waals surface area contributed by atoms with Crippen molar-refractivity contribution in [2.75, 3.05) is 13.7 Å². The van der Waals surface area contributed by atoms with Gasteiger partial charge in [-0.25, -0.2) is 8.11 Å². The molecular formula is C4H5IN2O2. The van der Waals surface area contributed by atoms with E-state index in [9.17, 15) is 4.79 Å². The van der Waals surface area contributed by atoms with Crippen molar-refractivity contribution in [2.45, 2.75) is 0 Å². The summed E-state index contributed by atoms with van der Waals surface area (Å²) in [4.78, 5) is 14.4. The average Bonchev–Trinajstić information content (AvgIpc) is 2.15. The van der Waals surface area contributed by atoms with E-state index in [0.29, 0.717) is 6.02 Å². The molecule has 1 aliphatic heterocycles. The Hall–Kier alpha value is -0.330. The van der Waals surface area contributed by atoms with Gasteiger partial charge in [0.05, 0.1) is 22.9 Å². The van der Waals surface area contributed by atoms with Crippen molar-refractivity contribution < 1.29 is 9.53 Å². The minimum atomic E-state index is -0.0591. The number of hydrogen-bond acceptors (Lipinski definition) is 3. The molecule has 0 radical (unpaired) electrons. The molecule has 50 valence electrons. The summed E-state index contributed by atoms with van der Waals surface area (Å²) in [6.45, 7) is 0.121. The van der Waals surface area contributed by atoms with Crippen LogP contribution in [0.5, 0.6) is 0 Å². The van der Waals surface area contributed by atoms with E-state index in [4.69, 9.17) is 4.74 Å². The summed E-state index contributed by atoms with van der Waals surface area (Å²) in [5.41, 5.74) is 0. The molecule has 0 aromatic heterocycles. The molecule has 9 heavy (non-hydrogen) atoms. The van der Waals surface area contributed by atoms with Gasteiger partial charge < -0.3 is 4.74 Å². The Morgan fingerprint density at radius 3 is 2.78 bits per heavy atom. The normalized spacial score (nSPS) is 23.1. The molecule has 1 amide bonds. The zero-order valence-electron chi connectivity index (χ0n) is 4.80. The van der Waals surface area contributed by atoms with Crippen LogP contribution >= 0.6 is 22.9 Å². The van der Waals surface area contributed by atoms with Gasteiger partial charge in [-0.3, -0.25) is 4.79 Å². The summed E-state index contributed by atoms with van der Waals surface area (Å²) in [5, 5.41) is 0. The summed E-state index contributed by atoms with van der Waals surface area (Å²) in [6, 6.07) is 0.389. The van der Waals surface area contributed by atoms with Gasteiger partial charge in [0.15, 0.2) is 6.61 Å². The minimum Gasteiger partial charge on any atom is -0.454 e. The fourth-order valence-electron chi connectivity index (χ4n) is 0.499. The fourth-order valence-corrected chi connectivity index (χ4v) is 0.993. The molecule has 1 saturated heterocycles. The number of amidine groups is 1. The highest BCUT2D eigenvalue weighted by Crippen LogP contribution is 2.09. The van der Waals surface area contributed by atoms with Crippen LogP contribution < -0.4 is 0 Å². The maximum atomic E-state index is 10.7. The molecule has 0 aromatic rings. The summed E-state index contributed by atoms with van der Waals surface area (Å²) >= 11 is 1.85. The Balaban J connectivity index is 2.73. The van der Waals surface area contributed by atoms with Crippen molar-refractivity contribution in [1.29, 1.82) is 0 Å². The van der Waals surface area contributed by atoms with Crippen molar-refractivity contribution in [3.8, 4) is 0 Å². The second-order valence-electron chi connectivity index (χ2n) is 1.47. The molecule has 1 fully saturated rings. The third-order valence-corrected chi connectivity index (χ3v) is 1.85. The van der Waals surface area contributed by atoms with E-state index in [-0.39, 0.29) is 12.5 Å². The van der Waals surface area contributed by atoms with Crippen LogP contribution in [0.1, 0.15) is 0 Å². The molecule has 0 N–H and O–H groups in total. The van der Waals surface area contributed by atoms with E-state index < -0.39 is 0 Å². The van der Waals surface area contributed by atoms with E-state index in [1.165, 1.54) is 3.11 Å². The first-order valence-electron chi connectivity index (χ1n) is 2.34. The van der Waals surface area contributed by atoms with Crippen LogP contribution in [0.15, 0.2) is 4.99 Å². The van der Waals surface area contributed by atoms with Gasteiger partial charge in [-0.05, 0) is 0 Å². The number of aliphatic imine (C=N–C) groups is 1. The van der Waals surface area contributed by atoms with Crippen LogP contribution in [-0.2, 0) is 9.53 Å². The number of amides is 1. The largest absolute Gasteiger partial charge is 0.454 e. The lowest BCUT2D eigenvalue weighted by atomic mass is 10.7. The quantitative estimate of drug-likeness (QED) is 0.447. The first kappa shape index (κ1) is 6.79. The van der Waals surface area contributed by atoms with Crippen LogP contribution in [-0.4, -0.2) is 28.7 Å². The maximum absolute atomic E-state index is 10.7. The smallest absolute Gasteiger partial charge is 0.303 e. The summed E-state index contributed by atoms with van der Waals surface area (Å²) < 4.78 is 6.20. The number of carbonyl (C=O) groups excluding carboxylic acids is 1. The van der Waals surface area contributed by atoms with Crippen molar-refractivity contribution >= 4 is 34.8 Å². The number of nitrogens with zero attached hydrogens (tertiary/aromatic N) is 2. The van der Waals surface area contributed by atoms with Crippen molar-refractivity contribution in [2.24, 2.45) is 4.99 Å². The third kappa shape index (κ3) is 1.15. The van der Waals surface area contributed by atoms with Crippen LogP contribution in [0.4, 0.5) is 0 Å². The van der Waals surface area contributed by atoms with E-state index in [0.717, 1.165) is 0 Å². The van der Waals surface area contributed by atoms with Crippen LogP contribution in [0.3, 0.4) is 0 Å². The molecule has 0 bridgehead atoms. The molecule has 5 heteroatoms. The van der Waals surface area contributed by atoms with E-state index >= 15 is 0 Å². The van der Waals surface area contributed by atoms with E-state index in [1.54, 1.807) is 7.05 Å². The van der Waals surface area contributed by atoms with Gasteiger partial charge in [0.2, 0.25) is 0 Å². The van der Waals surface area contributed by atoms with Crippen molar-refractivity contribution in [3.05, 3.63) is 0 Å². The summed E-state index contributed by atoms with van der Waals surface area (Å²) in [7, 11) is 1.58. The van der Waals surface area contributed by atoms with Gasteiger partial charge in [0.25, 0.3) is 5.91 Å². The monoisotopic (exact) mass is 240 g/mol. The molecule has 1 aliphatic rings. The van der Waals surface area contributed by atoms with Crippen molar-refractivity contribution in [3.63, 3.8) is 0 Å². The number of carbonyl (C=O) groups is 1. The van der Waals surface area contributed by atoms with Gasteiger partial charge in [-0.2, -0.15) is 0 Å². The van der Waals surface area contributed by atoms with Crippen LogP contribution in [0.25, 0.3) is 0 Å². The molecule has 0 unspecified atom stereocenters. The third-order valence-electron chi connectivity index (χ3n) is 0.903. The highest BCUT2D eigenvalue weighted by molar-refractivity contribution is 14.1. The predicted molar refractivity (Wildman–Crippen MR) is 40.2 cm³/mol. The Labute approximate surface area is 66.4 Å². The number of ether oxygens (including phenoxy) is 1. The zero-order valence-corrected chi connectivity index (χ0v) is 6.95. The summed E-state index contributed by atoms with van der Waals surface area (Å²) in [5.74, 6) is -0.0591. The van der Waals surface area contributed by atoms with Crippen LogP contribution in [0, 0.1) is 0 Å². The first-order valence-corrected chi connectivity index (χ1v) is 3.30. The molecule has 0 saturated carbocycles. The van der Waals surface area contributed by atoms with Gasteiger partial charge in [0, 0.05) is 7.05 Å². The van der Waals surface area contributed by atoms with E-state index in [2.05, 4.69) is 4.99 Å². The topological polar surface area (TPSA) is 41.9 Å². The Morgan fingerprint density at radius 2 is 2.56 bits per heavy atom. The number of halogens is 1. The molecule has 0 aliphatic carbocycles. The molecule has 1 heterocycles. The maximum Gasteiger partial charge on any atom is 0.303 e. The molecule has 0 spiro atoms. The Morgan fingerprint density at radius 1 is 1.89 bits per heavy atom. The second-order valence-corrected chi connectivity index (χ2v) is 2.43. The fraction of sp³-hybridized carbons (Fsp3) is 0.500. The Bertz CT molecular complexity index is 168. The second kappa shape index (κ2) is 2.51. The Kier molecular flexibility index (Phi) is 1.89. The molecule has 0 atom stereocenters. The van der Waals surface area contributed by atoms with Crippen LogP contribution in [0.2, 0.25) is 0 Å². The van der Waals surface area contributed by atoms with E-state index in [1.807, 2.05) is 22.9 Å². The lowest BCUT2D eigenvalue weighted by molar-refractivity contribution is -0.122. The highest BCUT2D eigenvalue weighted by atomic mass is 127. The SMILES string of the molecule is C/N=C1\OCC(=O)N1I. The van der Waals surface area contributed by atoms with Gasteiger partial charge in [-0.15, -0.1) is 0 Å². The van der Waals surface area contributed by atoms with Gasteiger partial charge in [0.1, 0.15) is 0 Å². The van der Waals surface area contributed by atoms with Gasteiger partial charge in [-0.1, -0.05) is 0 Å². The van der Waals surface area contributed by atoms with Crippen molar-refractivity contribution in [1.82, 2.24) is 3.11 Å². The predicted octanol–water partition coefficient (Wildman–Crippen LogP) is 0.181. The molecular weight excluding hydrogens is 235 g/mol. The molecule has 1 rings (SSSR count). The lowest BCUT2D eigenvalue weighted by Crippen LogP contribution is -2.17. The highest BCUT2D eigenvalue weighted by Gasteiger charge is 2.25. The lowest BCUT2D eigenvalue weighted by Gasteiger charge is -1.99. The minimum absolute atomic E-state index is 0.0591. The first-order chi connectivity index (χ1) is 4.25. The van der Waals surface area contributed by atoms with Gasteiger partial charge >= 0.3 is 6.02 Å². The number of hydrogen-bond donors (Lipinski definition) is 0. The standard InChI is InChI=1S/C4H5IN2O2/c1-6-4-7(5)3(8)2-9-4/h2H2,1H3/b6-4-.